The first kappa shape index (κ1) is 18.6. The lowest BCUT2D eigenvalue weighted by molar-refractivity contribution is -0.118. The van der Waals surface area contributed by atoms with Crippen LogP contribution in [-0.4, -0.2) is 22.5 Å². The SMILES string of the molecule is Cc1cc(F)ccc1NC(=O)COc1ccc(-c2cnc3ccccc3n2)cc1. The van der Waals surface area contributed by atoms with Crippen LogP contribution >= 0.6 is 0 Å². The Morgan fingerprint density at radius 3 is 2.55 bits per heavy atom. The number of aryl methyl sites for hydroxylation is 1. The van der Waals surface area contributed by atoms with Gasteiger partial charge in [-0.25, -0.2) is 9.37 Å². The van der Waals surface area contributed by atoms with Gasteiger partial charge in [0.15, 0.2) is 6.61 Å². The minimum atomic E-state index is -0.340. The average Bonchev–Trinajstić information content (AvgIpc) is 2.74. The molecule has 1 heterocycles. The molecule has 6 heteroatoms. The van der Waals surface area contributed by atoms with Crippen LogP contribution in [0.2, 0.25) is 0 Å². The van der Waals surface area contributed by atoms with Gasteiger partial charge in [0.05, 0.1) is 22.9 Å². The number of carbonyl (C=O) groups excluding carboxylic acids is 1. The van der Waals surface area contributed by atoms with E-state index in [0.717, 1.165) is 22.3 Å². The molecular formula is C23H18FN3O2. The zero-order valence-corrected chi connectivity index (χ0v) is 15.7. The number of rotatable bonds is 5. The van der Waals surface area contributed by atoms with E-state index < -0.39 is 0 Å². The summed E-state index contributed by atoms with van der Waals surface area (Å²) in [6.07, 6.45) is 1.73. The Morgan fingerprint density at radius 2 is 1.79 bits per heavy atom. The van der Waals surface area contributed by atoms with Crippen molar-refractivity contribution < 1.29 is 13.9 Å². The fraction of sp³-hybridized carbons (Fsp3) is 0.0870. The molecule has 5 nitrogen and oxygen atoms in total. The first-order valence-corrected chi connectivity index (χ1v) is 9.09. The highest BCUT2D eigenvalue weighted by Gasteiger charge is 2.08. The molecule has 4 rings (SSSR count). The number of aromatic nitrogens is 2. The monoisotopic (exact) mass is 387 g/mol. The van der Waals surface area contributed by atoms with Crippen molar-refractivity contribution in [2.45, 2.75) is 6.92 Å². The molecule has 0 aliphatic carbocycles. The average molecular weight is 387 g/mol. The van der Waals surface area contributed by atoms with Gasteiger partial charge in [-0.05, 0) is 67.1 Å². The van der Waals surface area contributed by atoms with Crippen molar-refractivity contribution in [1.82, 2.24) is 9.97 Å². The normalized spacial score (nSPS) is 10.7. The van der Waals surface area contributed by atoms with Gasteiger partial charge in [-0.2, -0.15) is 0 Å². The zero-order valence-electron chi connectivity index (χ0n) is 15.7. The van der Waals surface area contributed by atoms with Crippen LogP contribution in [0, 0.1) is 12.7 Å². The van der Waals surface area contributed by atoms with Gasteiger partial charge in [0.25, 0.3) is 5.91 Å². The molecule has 29 heavy (non-hydrogen) atoms. The molecule has 144 valence electrons. The van der Waals surface area contributed by atoms with Gasteiger partial charge in [0.2, 0.25) is 0 Å². The Hall–Kier alpha value is -3.80. The fourth-order valence-corrected chi connectivity index (χ4v) is 2.92. The van der Waals surface area contributed by atoms with Gasteiger partial charge in [-0.1, -0.05) is 12.1 Å². The third-order valence-corrected chi connectivity index (χ3v) is 4.43. The van der Waals surface area contributed by atoms with Gasteiger partial charge in [0, 0.05) is 11.3 Å². The number of nitrogens with zero attached hydrogens (tertiary/aromatic N) is 2. The topological polar surface area (TPSA) is 64.1 Å². The van der Waals surface area contributed by atoms with E-state index in [0.29, 0.717) is 17.0 Å². The minimum Gasteiger partial charge on any atom is -0.484 e. The number of halogens is 1. The van der Waals surface area contributed by atoms with Crippen molar-refractivity contribution in [1.29, 1.82) is 0 Å². The maximum atomic E-state index is 13.1. The summed E-state index contributed by atoms with van der Waals surface area (Å²) in [7, 11) is 0. The van der Waals surface area contributed by atoms with E-state index in [1.54, 1.807) is 25.3 Å². The predicted octanol–water partition coefficient (Wildman–Crippen LogP) is 4.76. The van der Waals surface area contributed by atoms with Crippen LogP contribution in [0.3, 0.4) is 0 Å². The van der Waals surface area contributed by atoms with Gasteiger partial charge >= 0.3 is 0 Å². The lowest BCUT2D eigenvalue weighted by Gasteiger charge is -2.10. The number of benzene rings is 3. The number of nitrogens with one attached hydrogen (secondary N) is 1. The van der Waals surface area contributed by atoms with Crippen molar-refractivity contribution >= 4 is 22.6 Å². The van der Waals surface area contributed by atoms with Crippen LogP contribution in [0.5, 0.6) is 5.75 Å². The van der Waals surface area contributed by atoms with E-state index >= 15 is 0 Å². The first-order chi connectivity index (χ1) is 14.1. The van der Waals surface area contributed by atoms with Crippen molar-refractivity contribution in [3.63, 3.8) is 0 Å². The van der Waals surface area contributed by atoms with E-state index in [2.05, 4.69) is 15.3 Å². The second kappa shape index (κ2) is 8.06. The molecule has 3 aromatic carbocycles. The number of hydrogen-bond acceptors (Lipinski definition) is 4. The summed E-state index contributed by atoms with van der Waals surface area (Å²) in [5.41, 5.74) is 4.56. The summed E-state index contributed by atoms with van der Waals surface area (Å²) in [6.45, 7) is 1.58. The fourth-order valence-electron chi connectivity index (χ4n) is 2.92. The molecule has 1 aromatic heterocycles. The molecule has 0 radical (unpaired) electrons. The molecule has 0 bridgehead atoms. The number of fused-ring (bicyclic) bond motifs is 1. The van der Waals surface area contributed by atoms with Crippen molar-refractivity contribution in [2.75, 3.05) is 11.9 Å². The summed E-state index contributed by atoms with van der Waals surface area (Å²) in [4.78, 5) is 21.1. The largest absolute Gasteiger partial charge is 0.484 e. The third kappa shape index (κ3) is 4.38. The van der Waals surface area contributed by atoms with Crippen molar-refractivity contribution in [3.05, 3.63) is 84.3 Å². The van der Waals surface area contributed by atoms with Crippen LogP contribution in [0.25, 0.3) is 22.3 Å². The summed E-state index contributed by atoms with van der Waals surface area (Å²) in [5, 5.41) is 2.71. The number of ether oxygens (including phenoxy) is 1. The maximum Gasteiger partial charge on any atom is 0.262 e. The number of anilines is 1. The molecule has 0 fully saturated rings. The molecule has 0 saturated heterocycles. The number of para-hydroxylation sites is 2. The molecule has 0 saturated carbocycles. The van der Waals surface area contributed by atoms with Gasteiger partial charge in [-0.3, -0.25) is 9.78 Å². The van der Waals surface area contributed by atoms with E-state index in [9.17, 15) is 9.18 Å². The highest BCUT2D eigenvalue weighted by molar-refractivity contribution is 5.92. The molecule has 1 N–H and O–H groups in total. The summed E-state index contributed by atoms with van der Waals surface area (Å²) in [5.74, 6) is -0.0920. The molecular weight excluding hydrogens is 369 g/mol. The van der Waals surface area contributed by atoms with Crippen molar-refractivity contribution in [2.24, 2.45) is 0 Å². The van der Waals surface area contributed by atoms with Gasteiger partial charge in [-0.15, -0.1) is 0 Å². The predicted molar refractivity (Wildman–Crippen MR) is 110 cm³/mol. The zero-order chi connectivity index (χ0) is 20.2. The summed E-state index contributed by atoms with van der Waals surface area (Å²) >= 11 is 0. The molecule has 0 atom stereocenters. The molecule has 0 unspecified atom stereocenters. The van der Waals surface area contributed by atoms with E-state index in [1.165, 1.54) is 18.2 Å². The highest BCUT2D eigenvalue weighted by atomic mass is 19.1. The minimum absolute atomic E-state index is 0.147. The summed E-state index contributed by atoms with van der Waals surface area (Å²) < 4.78 is 18.7. The number of hydrogen-bond donors (Lipinski definition) is 1. The van der Waals surface area contributed by atoms with Crippen LogP contribution in [0.15, 0.2) is 72.9 Å². The third-order valence-electron chi connectivity index (χ3n) is 4.43. The van der Waals surface area contributed by atoms with Crippen molar-refractivity contribution in [3.8, 4) is 17.0 Å². The summed E-state index contributed by atoms with van der Waals surface area (Å²) in [6, 6.07) is 19.2. The second-order valence-corrected chi connectivity index (χ2v) is 6.56. The van der Waals surface area contributed by atoms with Crippen LogP contribution in [-0.2, 0) is 4.79 Å². The Morgan fingerprint density at radius 1 is 1.03 bits per heavy atom. The van der Waals surface area contributed by atoms with E-state index in [4.69, 9.17) is 4.74 Å². The Balaban J connectivity index is 1.39. The van der Waals surface area contributed by atoms with E-state index in [-0.39, 0.29) is 18.3 Å². The lowest BCUT2D eigenvalue weighted by Crippen LogP contribution is -2.20. The van der Waals surface area contributed by atoms with Crippen LogP contribution < -0.4 is 10.1 Å². The number of amides is 1. The van der Waals surface area contributed by atoms with Crippen LogP contribution in [0.1, 0.15) is 5.56 Å². The smallest absolute Gasteiger partial charge is 0.262 e. The Labute approximate surface area is 167 Å². The lowest BCUT2D eigenvalue weighted by atomic mass is 10.1. The molecule has 0 spiro atoms. The van der Waals surface area contributed by atoms with Crippen LogP contribution in [0.4, 0.5) is 10.1 Å². The van der Waals surface area contributed by atoms with Gasteiger partial charge < -0.3 is 10.1 Å². The van der Waals surface area contributed by atoms with E-state index in [1.807, 2.05) is 36.4 Å². The highest BCUT2D eigenvalue weighted by Crippen LogP contribution is 2.22. The molecule has 4 aromatic rings. The quantitative estimate of drug-likeness (QED) is 0.536. The molecule has 1 amide bonds. The second-order valence-electron chi connectivity index (χ2n) is 6.56. The molecule has 0 aliphatic heterocycles. The Bertz CT molecular complexity index is 1180. The maximum absolute atomic E-state index is 13.1. The number of carbonyl (C=O) groups is 1. The first-order valence-electron chi connectivity index (χ1n) is 9.09. The Kier molecular flexibility index (Phi) is 5.16. The van der Waals surface area contributed by atoms with Gasteiger partial charge in [0.1, 0.15) is 11.6 Å². The molecule has 0 aliphatic rings. The standard InChI is InChI=1S/C23H18FN3O2/c1-15-12-17(24)8-11-19(15)27-23(28)14-29-18-9-6-16(7-10-18)22-13-25-20-4-2-3-5-21(20)26-22/h2-13H,14H2,1H3,(H,27,28).